The minimum absolute atomic E-state index is 0.184. The van der Waals surface area contributed by atoms with Crippen LogP contribution < -0.4 is 15.4 Å². The third kappa shape index (κ3) is 6.22. The Labute approximate surface area is 208 Å². The zero-order valence-corrected chi connectivity index (χ0v) is 20.1. The van der Waals surface area contributed by atoms with E-state index in [0.29, 0.717) is 24.4 Å². The van der Waals surface area contributed by atoms with Crippen molar-refractivity contribution in [3.05, 3.63) is 113 Å². The number of carbonyl (C=O) groups is 2. The number of thiazole rings is 1. The van der Waals surface area contributed by atoms with E-state index in [-0.39, 0.29) is 5.91 Å². The molecule has 35 heavy (non-hydrogen) atoms. The molecule has 1 aromatic heterocycles. The second kappa shape index (κ2) is 11.3. The number of para-hydroxylation sites is 1. The molecule has 0 aliphatic carbocycles. The molecule has 0 aliphatic heterocycles. The van der Waals surface area contributed by atoms with Crippen LogP contribution >= 0.6 is 11.3 Å². The number of esters is 1. The molecule has 7 heteroatoms. The van der Waals surface area contributed by atoms with Crippen molar-refractivity contribution in [1.29, 1.82) is 0 Å². The van der Waals surface area contributed by atoms with E-state index in [1.165, 1.54) is 0 Å². The lowest BCUT2D eigenvalue weighted by Gasteiger charge is -2.12. The summed E-state index contributed by atoms with van der Waals surface area (Å²) in [5.41, 5.74) is 5.20. The molecule has 4 rings (SSSR count). The molecule has 0 fully saturated rings. The number of rotatable bonds is 9. The van der Waals surface area contributed by atoms with E-state index in [2.05, 4.69) is 17.2 Å². The van der Waals surface area contributed by atoms with Crippen LogP contribution in [0.15, 0.2) is 90.8 Å². The molecule has 0 unspecified atom stereocenters. The van der Waals surface area contributed by atoms with Crippen LogP contribution in [0.4, 0.5) is 5.69 Å². The molecule has 2 N–H and O–H groups in total. The maximum atomic E-state index is 12.7. The number of amides is 1. The van der Waals surface area contributed by atoms with Crippen LogP contribution in [0.5, 0.6) is 5.75 Å². The lowest BCUT2D eigenvalue weighted by Crippen LogP contribution is -2.23. The van der Waals surface area contributed by atoms with Crippen LogP contribution in [0.2, 0.25) is 0 Å². The van der Waals surface area contributed by atoms with Crippen molar-refractivity contribution < 1.29 is 14.3 Å². The average molecular weight is 484 g/mol. The molecule has 4 aromatic rings. The van der Waals surface area contributed by atoms with Crippen molar-refractivity contribution in [2.24, 2.45) is 0 Å². The lowest BCUT2D eigenvalue weighted by atomic mass is 10.1. The maximum absolute atomic E-state index is 12.7. The van der Waals surface area contributed by atoms with E-state index in [1.54, 1.807) is 35.6 Å². The van der Waals surface area contributed by atoms with Gasteiger partial charge in [-0.1, -0.05) is 49.0 Å². The van der Waals surface area contributed by atoms with Gasteiger partial charge in [0, 0.05) is 34.8 Å². The molecular weight excluding hydrogens is 458 g/mol. The summed E-state index contributed by atoms with van der Waals surface area (Å²) in [4.78, 5) is 28.9. The van der Waals surface area contributed by atoms with Crippen LogP contribution in [-0.2, 0) is 17.9 Å². The number of hydrogen-bond acceptors (Lipinski definition) is 6. The number of nitrogens with one attached hydrogen (secondary N) is 2. The van der Waals surface area contributed by atoms with Crippen molar-refractivity contribution >= 4 is 28.9 Å². The van der Waals surface area contributed by atoms with Gasteiger partial charge >= 0.3 is 5.97 Å². The second-order valence-electron chi connectivity index (χ2n) is 7.79. The van der Waals surface area contributed by atoms with Crippen LogP contribution in [-0.4, -0.2) is 16.9 Å². The van der Waals surface area contributed by atoms with Gasteiger partial charge in [0.2, 0.25) is 0 Å². The first-order valence-electron chi connectivity index (χ1n) is 11.1. The summed E-state index contributed by atoms with van der Waals surface area (Å²) in [6.45, 7) is 6.22. The van der Waals surface area contributed by atoms with E-state index in [1.807, 2.05) is 60.8 Å². The normalized spacial score (nSPS) is 10.4. The fourth-order valence-electron chi connectivity index (χ4n) is 3.42. The van der Waals surface area contributed by atoms with E-state index in [0.717, 1.165) is 39.2 Å². The van der Waals surface area contributed by atoms with Gasteiger partial charge in [-0.3, -0.25) is 4.79 Å². The lowest BCUT2D eigenvalue weighted by molar-refractivity contribution is -0.129. The number of nitrogens with zero attached hydrogens (tertiary/aromatic N) is 1. The summed E-state index contributed by atoms with van der Waals surface area (Å²) in [6.07, 6.45) is 1.12. The third-order valence-corrected chi connectivity index (χ3v) is 6.35. The fraction of sp³-hybridized carbons (Fsp3) is 0.107. The number of ether oxygens (including phenoxy) is 1. The highest BCUT2D eigenvalue weighted by Crippen LogP contribution is 2.25. The standard InChI is InChI=1S/C28H25N3O3S/c1-3-26(32)34-25-11-7-8-22(19(25)2)16-30-27(33)20-12-14-21(15-13-20)28-31-24(18-35-28)17-29-23-9-5-4-6-10-23/h3-15,18,29H,1,16-17H2,2H3,(H,30,33). The van der Waals surface area contributed by atoms with Crippen molar-refractivity contribution in [3.63, 3.8) is 0 Å². The summed E-state index contributed by atoms with van der Waals surface area (Å²) in [5, 5.41) is 9.23. The van der Waals surface area contributed by atoms with Gasteiger partial charge in [-0.05, 0) is 48.4 Å². The van der Waals surface area contributed by atoms with Crippen LogP contribution in [0.25, 0.3) is 10.6 Å². The van der Waals surface area contributed by atoms with Gasteiger partial charge in [0.15, 0.2) is 0 Å². The monoisotopic (exact) mass is 483 g/mol. The van der Waals surface area contributed by atoms with Crippen LogP contribution in [0.1, 0.15) is 27.2 Å². The van der Waals surface area contributed by atoms with Gasteiger partial charge in [-0.15, -0.1) is 11.3 Å². The minimum atomic E-state index is -0.519. The number of benzene rings is 3. The fourth-order valence-corrected chi connectivity index (χ4v) is 4.25. The van der Waals surface area contributed by atoms with E-state index in [4.69, 9.17) is 9.72 Å². The van der Waals surface area contributed by atoms with Gasteiger partial charge in [-0.25, -0.2) is 9.78 Å². The largest absolute Gasteiger partial charge is 0.423 e. The predicted molar refractivity (Wildman–Crippen MR) is 139 cm³/mol. The van der Waals surface area contributed by atoms with Gasteiger partial charge < -0.3 is 15.4 Å². The Bertz CT molecular complexity index is 1330. The second-order valence-corrected chi connectivity index (χ2v) is 8.65. The maximum Gasteiger partial charge on any atom is 0.335 e. The first-order chi connectivity index (χ1) is 17.0. The highest BCUT2D eigenvalue weighted by Gasteiger charge is 2.11. The van der Waals surface area contributed by atoms with Gasteiger partial charge in [0.1, 0.15) is 10.8 Å². The Morgan fingerprint density at radius 2 is 1.77 bits per heavy atom. The zero-order chi connectivity index (χ0) is 24.6. The van der Waals surface area contributed by atoms with Crippen molar-refractivity contribution in [2.75, 3.05) is 5.32 Å². The topological polar surface area (TPSA) is 80.3 Å². The Kier molecular flexibility index (Phi) is 7.70. The van der Waals surface area contributed by atoms with E-state index in [9.17, 15) is 9.59 Å². The Hall–Kier alpha value is -4.23. The molecule has 3 aromatic carbocycles. The van der Waals surface area contributed by atoms with Gasteiger partial charge in [-0.2, -0.15) is 0 Å². The molecular formula is C28H25N3O3S. The highest BCUT2D eigenvalue weighted by molar-refractivity contribution is 7.13. The molecule has 0 bridgehead atoms. The molecule has 1 amide bonds. The van der Waals surface area contributed by atoms with Crippen molar-refractivity contribution in [1.82, 2.24) is 10.3 Å². The molecule has 0 saturated carbocycles. The number of aromatic nitrogens is 1. The summed E-state index contributed by atoms with van der Waals surface area (Å²) in [6, 6.07) is 22.8. The van der Waals surface area contributed by atoms with Crippen molar-refractivity contribution in [2.45, 2.75) is 20.0 Å². The highest BCUT2D eigenvalue weighted by atomic mass is 32.1. The SMILES string of the molecule is C=CC(=O)Oc1cccc(CNC(=O)c2ccc(-c3nc(CNc4ccccc4)cs3)cc2)c1C. The average Bonchev–Trinajstić information content (AvgIpc) is 3.37. The minimum Gasteiger partial charge on any atom is -0.423 e. The molecule has 0 radical (unpaired) electrons. The molecule has 0 atom stereocenters. The van der Waals surface area contributed by atoms with Gasteiger partial charge in [0.25, 0.3) is 5.91 Å². The van der Waals surface area contributed by atoms with Crippen LogP contribution in [0, 0.1) is 6.92 Å². The van der Waals surface area contributed by atoms with Crippen LogP contribution in [0.3, 0.4) is 0 Å². The van der Waals surface area contributed by atoms with E-state index >= 15 is 0 Å². The number of anilines is 1. The molecule has 0 spiro atoms. The number of carbonyl (C=O) groups excluding carboxylic acids is 2. The Balaban J connectivity index is 1.35. The first kappa shape index (κ1) is 23.9. The summed E-state index contributed by atoms with van der Waals surface area (Å²) >= 11 is 1.57. The molecule has 0 aliphatic rings. The molecule has 1 heterocycles. The zero-order valence-electron chi connectivity index (χ0n) is 19.3. The molecule has 0 saturated heterocycles. The molecule has 6 nitrogen and oxygen atoms in total. The number of hydrogen-bond donors (Lipinski definition) is 2. The summed E-state index contributed by atoms with van der Waals surface area (Å²) in [7, 11) is 0. The van der Waals surface area contributed by atoms with Gasteiger partial charge in [0.05, 0.1) is 12.2 Å². The predicted octanol–water partition coefficient (Wildman–Crippen LogP) is 5.75. The van der Waals surface area contributed by atoms with Crippen molar-refractivity contribution in [3.8, 4) is 16.3 Å². The third-order valence-electron chi connectivity index (χ3n) is 5.41. The Morgan fingerprint density at radius 3 is 2.51 bits per heavy atom. The first-order valence-corrected chi connectivity index (χ1v) is 12.0. The smallest absolute Gasteiger partial charge is 0.335 e. The quantitative estimate of drug-likeness (QED) is 0.180. The molecule has 176 valence electrons. The Morgan fingerprint density at radius 1 is 1.00 bits per heavy atom. The van der Waals surface area contributed by atoms with E-state index < -0.39 is 5.97 Å². The summed E-state index contributed by atoms with van der Waals surface area (Å²) in [5.74, 6) is -0.252. The summed E-state index contributed by atoms with van der Waals surface area (Å²) < 4.78 is 5.24.